The van der Waals surface area contributed by atoms with Crippen molar-refractivity contribution in [1.29, 1.82) is 0 Å². The lowest BCUT2D eigenvalue weighted by Crippen LogP contribution is -2.07. The molecule has 1 N–H and O–H groups in total. The molecule has 0 amide bonds. The number of hydrogen-bond acceptors (Lipinski definition) is 2. The topological polar surface area (TPSA) is 33.7 Å². The first-order chi connectivity index (χ1) is 13.1. The number of imidazole rings is 1. The van der Waals surface area contributed by atoms with Crippen LogP contribution in [0.2, 0.25) is 0 Å². The SMILES string of the molecule is C#[N+]CCCCCCNc1c(-c2ccccc2Br)nc2cc(C)cc(C)n12. The summed E-state index contributed by atoms with van der Waals surface area (Å²) in [7, 11) is 0. The number of pyridine rings is 1. The summed E-state index contributed by atoms with van der Waals surface area (Å²) >= 11 is 3.68. The van der Waals surface area contributed by atoms with Crippen LogP contribution < -0.4 is 5.32 Å². The lowest BCUT2D eigenvalue weighted by atomic mass is 10.1. The largest absolute Gasteiger partial charge is 0.369 e. The Balaban J connectivity index is 1.88. The molecule has 4 nitrogen and oxygen atoms in total. The van der Waals surface area contributed by atoms with E-state index in [9.17, 15) is 0 Å². The second-order valence-electron chi connectivity index (χ2n) is 6.90. The van der Waals surface area contributed by atoms with Crippen LogP contribution in [0.15, 0.2) is 40.9 Å². The van der Waals surface area contributed by atoms with Crippen LogP contribution in [0, 0.1) is 20.4 Å². The highest BCUT2D eigenvalue weighted by Gasteiger charge is 2.17. The molecule has 27 heavy (non-hydrogen) atoms. The normalized spacial score (nSPS) is 10.9. The molecule has 5 heteroatoms. The quantitative estimate of drug-likeness (QED) is 0.428. The summed E-state index contributed by atoms with van der Waals surface area (Å²) in [5, 5.41) is 3.64. The zero-order chi connectivity index (χ0) is 19.2. The average molecular weight is 426 g/mol. The number of unbranched alkanes of at least 4 members (excludes halogenated alkanes) is 3. The van der Waals surface area contributed by atoms with Gasteiger partial charge in [-0.2, -0.15) is 0 Å². The number of fused-ring (bicyclic) bond motifs is 1. The molecule has 0 saturated carbocycles. The molecule has 0 aliphatic heterocycles. The second kappa shape index (κ2) is 9.05. The Labute approximate surface area is 169 Å². The summed E-state index contributed by atoms with van der Waals surface area (Å²) in [4.78, 5) is 8.62. The fourth-order valence-corrected chi connectivity index (χ4v) is 3.90. The van der Waals surface area contributed by atoms with Gasteiger partial charge in [0.2, 0.25) is 0 Å². The maximum Gasteiger partial charge on any atom is 0.263 e. The second-order valence-corrected chi connectivity index (χ2v) is 7.76. The third kappa shape index (κ3) is 4.51. The van der Waals surface area contributed by atoms with Crippen LogP contribution >= 0.6 is 15.9 Å². The third-order valence-electron chi connectivity index (χ3n) is 4.68. The van der Waals surface area contributed by atoms with E-state index in [1.165, 1.54) is 17.7 Å². The molecule has 3 rings (SSSR count). The molecule has 0 unspecified atom stereocenters. The van der Waals surface area contributed by atoms with E-state index in [0.717, 1.165) is 59.5 Å². The van der Waals surface area contributed by atoms with Crippen LogP contribution in [0.5, 0.6) is 0 Å². The van der Waals surface area contributed by atoms with Gasteiger partial charge in [-0.15, -0.1) is 0 Å². The highest BCUT2D eigenvalue weighted by Crippen LogP contribution is 2.34. The van der Waals surface area contributed by atoms with Crippen molar-refractivity contribution in [2.75, 3.05) is 18.4 Å². The minimum absolute atomic E-state index is 0.755. The highest BCUT2D eigenvalue weighted by molar-refractivity contribution is 9.10. The van der Waals surface area contributed by atoms with Gasteiger partial charge in [0.25, 0.3) is 13.1 Å². The van der Waals surface area contributed by atoms with Gasteiger partial charge < -0.3 is 5.32 Å². The summed E-state index contributed by atoms with van der Waals surface area (Å²) in [6.45, 7) is 11.1. The molecule has 140 valence electrons. The summed E-state index contributed by atoms with van der Waals surface area (Å²) < 4.78 is 3.27. The van der Waals surface area contributed by atoms with Crippen molar-refractivity contribution in [2.24, 2.45) is 0 Å². The van der Waals surface area contributed by atoms with E-state index < -0.39 is 0 Å². The lowest BCUT2D eigenvalue weighted by molar-refractivity contribution is 0.677. The third-order valence-corrected chi connectivity index (χ3v) is 5.38. The fourth-order valence-electron chi connectivity index (χ4n) is 3.42. The Morgan fingerprint density at radius 2 is 1.89 bits per heavy atom. The van der Waals surface area contributed by atoms with Crippen molar-refractivity contribution in [1.82, 2.24) is 9.38 Å². The number of aromatic nitrogens is 2. The molecule has 1 aromatic carbocycles. The van der Waals surface area contributed by atoms with Gasteiger partial charge in [-0.1, -0.05) is 45.4 Å². The van der Waals surface area contributed by atoms with E-state index in [0.29, 0.717) is 0 Å². The van der Waals surface area contributed by atoms with Crippen molar-refractivity contribution >= 4 is 27.4 Å². The maximum atomic E-state index is 5.19. The number of anilines is 1. The molecule has 3 aromatic rings. The van der Waals surface area contributed by atoms with Gasteiger partial charge in [-0.3, -0.25) is 4.40 Å². The van der Waals surface area contributed by atoms with Crippen LogP contribution in [-0.4, -0.2) is 22.5 Å². The van der Waals surface area contributed by atoms with Crippen LogP contribution in [0.25, 0.3) is 21.7 Å². The van der Waals surface area contributed by atoms with Crippen molar-refractivity contribution in [3.8, 4) is 17.8 Å². The van der Waals surface area contributed by atoms with E-state index in [4.69, 9.17) is 11.6 Å². The molecule has 0 saturated heterocycles. The monoisotopic (exact) mass is 425 g/mol. The van der Waals surface area contributed by atoms with Gasteiger partial charge in [0.05, 0.1) is 0 Å². The number of halogens is 1. The van der Waals surface area contributed by atoms with E-state index in [2.05, 4.69) is 74.7 Å². The lowest BCUT2D eigenvalue weighted by Gasteiger charge is -2.11. The Hall–Kier alpha value is -2.32. The zero-order valence-electron chi connectivity index (χ0n) is 16.0. The van der Waals surface area contributed by atoms with Crippen LogP contribution in [0.3, 0.4) is 0 Å². The Morgan fingerprint density at radius 3 is 2.67 bits per heavy atom. The smallest absolute Gasteiger partial charge is 0.263 e. The Kier molecular flexibility index (Phi) is 6.52. The molecule has 0 spiro atoms. The fraction of sp³-hybridized carbons (Fsp3) is 0.364. The number of rotatable bonds is 8. The predicted molar refractivity (Wildman–Crippen MR) is 118 cm³/mol. The first-order valence-corrected chi connectivity index (χ1v) is 10.3. The number of aryl methyl sites for hydroxylation is 2. The summed E-state index contributed by atoms with van der Waals surface area (Å²) in [6.07, 6.45) is 4.50. The summed E-state index contributed by atoms with van der Waals surface area (Å²) in [5.74, 6) is 1.06. The Morgan fingerprint density at radius 1 is 1.11 bits per heavy atom. The number of benzene rings is 1. The van der Waals surface area contributed by atoms with Gasteiger partial charge >= 0.3 is 0 Å². The van der Waals surface area contributed by atoms with E-state index in [-0.39, 0.29) is 0 Å². The predicted octanol–water partition coefficient (Wildman–Crippen LogP) is 6.32. The van der Waals surface area contributed by atoms with E-state index >= 15 is 0 Å². The van der Waals surface area contributed by atoms with E-state index in [1.807, 2.05) is 6.07 Å². The molecule has 2 heterocycles. The van der Waals surface area contributed by atoms with E-state index in [1.54, 1.807) is 0 Å². The minimum Gasteiger partial charge on any atom is -0.369 e. The molecular weight excluding hydrogens is 400 g/mol. The minimum atomic E-state index is 0.755. The highest BCUT2D eigenvalue weighted by atomic mass is 79.9. The number of hydrogen-bond donors (Lipinski definition) is 1. The van der Waals surface area contributed by atoms with Gasteiger partial charge in [-0.25, -0.2) is 4.98 Å². The van der Waals surface area contributed by atoms with Gasteiger partial charge in [0.1, 0.15) is 17.2 Å². The Bertz CT molecular complexity index is 968. The van der Waals surface area contributed by atoms with Crippen molar-refractivity contribution in [3.05, 3.63) is 57.0 Å². The van der Waals surface area contributed by atoms with Crippen molar-refractivity contribution < 1.29 is 0 Å². The molecule has 0 fully saturated rings. The maximum absolute atomic E-state index is 5.19. The van der Waals surface area contributed by atoms with Crippen LogP contribution in [0.1, 0.15) is 36.9 Å². The average Bonchev–Trinajstić information content (AvgIpc) is 2.99. The summed E-state index contributed by atoms with van der Waals surface area (Å²) in [5.41, 5.74) is 5.47. The molecule has 0 bridgehead atoms. The number of nitrogens with zero attached hydrogens (tertiary/aromatic N) is 3. The first-order valence-electron chi connectivity index (χ1n) is 9.47. The van der Waals surface area contributed by atoms with Crippen molar-refractivity contribution in [3.63, 3.8) is 0 Å². The molecule has 0 aliphatic carbocycles. The molecule has 0 radical (unpaired) electrons. The van der Waals surface area contributed by atoms with Crippen LogP contribution in [-0.2, 0) is 0 Å². The first kappa shape index (κ1) is 19.4. The standard InChI is InChI=1S/C22H26BrN4/c1-16-14-17(2)27-20(15-16)26-21(18-10-6-7-11-19(18)23)22(27)25-13-9-5-4-8-12-24-3/h3,6-7,10-11,14-15,25H,4-5,8-9,12-13H2,1-2H3/q+1. The summed E-state index contributed by atoms with van der Waals surface area (Å²) in [6, 6.07) is 12.6. The van der Waals surface area contributed by atoms with Crippen LogP contribution in [0.4, 0.5) is 5.82 Å². The zero-order valence-corrected chi connectivity index (χ0v) is 17.6. The molecule has 0 aliphatic rings. The molecular formula is C22H26BrN4+. The number of nitrogens with one attached hydrogen (secondary N) is 1. The van der Waals surface area contributed by atoms with Gasteiger partial charge in [0.15, 0.2) is 0 Å². The molecule has 0 atom stereocenters. The van der Waals surface area contributed by atoms with Gasteiger partial charge in [-0.05, 0) is 50.5 Å². The van der Waals surface area contributed by atoms with Crippen molar-refractivity contribution in [2.45, 2.75) is 39.5 Å². The molecule has 2 aromatic heterocycles. The van der Waals surface area contributed by atoms with Gasteiger partial charge in [0, 0.05) is 28.7 Å².